The van der Waals surface area contributed by atoms with E-state index in [0.717, 1.165) is 32.1 Å². The molecule has 0 saturated carbocycles. The number of amides is 1. The highest BCUT2D eigenvalue weighted by Gasteiger charge is 2.36. The number of aromatic nitrogens is 4. The van der Waals surface area contributed by atoms with Crippen molar-refractivity contribution >= 4 is 32.6 Å². The summed E-state index contributed by atoms with van der Waals surface area (Å²) in [5.41, 5.74) is 2.40. The molecule has 1 amide bonds. The molecule has 1 aliphatic heterocycles. The van der Waals surface area contributed by atoms with Crippen LogP contribution in [0.4, 0.5) is 0 Å². The van der Waals surface area contributed by atoms with Crippen LogP contribution in [0.1, 0.15) is 36.1 Å². The molecule has 5 rings (SSSR count). The number of likely N-dealkylation sites (tertiary alicyclic amines) is 1. The molecule has 1 N–H and O–H groups in total. The number of aryl methyl sites for hydroxylation is 1. The Hall–Kier alpha value is -3.10. The number of nitrogens with zero attached hydrogens (tertiary/aromatic N) is 5. The van der Waals surface area contributed by atoms with Gasteiger partial charge in [0.05, 0.1) is 18.3 Å². The quantitative estimate of drug-likeness (QED) is 0.433. The molecule has 1 fully saturated rings. The van der Waals surface area contributed by atoms with Crippen molar-refractivity contribution in [3.8, 4) is 5.69 Å². The first-order chi connectivity index (χ1) is 16.4. The van der Waals surface area contributed by atoms with E-state index in [0.29, 0.717) is 44.5 Å². The van der Waals surface area contributed by atoms with Gasteiger partial charge in [-0.1, -0.05) is 39.3 Å². The fourth-order valence-corrected chi connectivity index (χ4v) is 5.10. The maximum Gasteiger partial charge on any atom is 0.226 e. The van der Waals surface area contributed by atoms with Crippen molar-refractivity contribution in [3.63, 3.8) is 0 Å². The van der Waals surface area contributed by atoms with Crippen molar-refractivity contribution < 1.29 is 9.90 Å². The SMILES string of the molecule is Cc1cc(Br)ccc1-n1cc(C2(O)CCCN(C(=O)Cc3ccc4cnccc4c3)CC2)nn1. The van der Waals surface area contributed by atoms with Gasteiger partial charge in [0.25, 0.3) is 0 Å². The molecule has 1 aliphatic rings. The van der Waals surface area contributed by atoms with Crippen LogP contribution in [0, 0.1) is 6.92 Å². The average Bonchev–Trinajstić information content (AvgIpc) is 3.23. The molecule has 1 unspecified atom stereocenters. The Balaban J connectivity index is 1.28. The summed E-state index contributed by atoms with van der Waals surface area (Å²) < 4.78 is 2.71. The van der Waals surface area contributed by atoms with E-state index in [1.165, 1.54) is 0 Å². The maximum absolute atomic E-state index is 13.1. The van der Waals surface area contributed by atoms with Gasteiger partial charge in [0, 0.05) is 35.3 Å². The van der Waals surface area contributed by atoms with Crippen LogP contribution < -0.4 is 0 Å². The standard InChI is InChI=1S/C26H26BrN5O2/c1-18-13-22(27)5-6-23(18)32-17-24(29-30-32)26(34)8-2-11-31(12-9-26)25(33)15-19-3-4-21-16-28-10-7-20(21)14-19/h3-7,10,13-14,16-17,34H,2,8-9,11-12,15H2,1H3. The number of aliphatic hydroxyl groups is 1. The lowest BCUT2D eigenvalue weighted by molar-refractivity contribution is -0.130. The summed E-state index contributed by atoms with van der Waals surface area (Å²) in [6, 6.07) is 13.9. The minimum atomic E-state index is -1.10. The molecule has 1 saturated heterocycles. The highest BCUT2D eigenvalue weighted by molar-refractivity contribution is 9.10. The van der Waals surface area contributed by atoms with Gasteiger partial charge >= 0.3 is 0 Å². The number of fused-ring (bicyclic) bond motifs is 1. The first kappa shape index (κ1) is 22.7. The Labute approximate surface area is 206 Å². The van der Waals surface area contributed by atoms with Crippen molar-refractivity contribution in [2.45, 2.75) is 38.2 Å². The molecule has 8 heteroatoms. The lowest BCUT2D eigenvalue weighted by atomic mass is 9.92. The van der Waals surface area contributed by atoms with Gasteiger partial charge in [0.2, 0.25) is 5.91 Å². The molecule has 0 aliphatic carbocycles. The van der Waals surface area contributed by atoms with Gasteiger partial charge in [0.15, 0.2) is 0 Å². The van der Waals surface area contributed by atoms with Crippen LogP contribution in [0.15, 0.2) is 65.5 Å². The topological polar surface area (TPSA) is 84.1 Å². The van der Waals surface area contributed by atoms with Crippen LogP contribution in [-0.4, -0.2) is 49.0 Å². The third-order valence-corrected chi connectivity index (χ3v) is 7.10. The zero-order chi connectivity index (χ0) is 23.7. The van der Waals surface area contributed by atoms with E-state index in [1.54, 1.807) is 17.1 Å². The Morgan fingerprint density at radius 1 is 1.12 bits per heavy atom. The summed E-state index contributed by atoms with van der Waals surface area (Å²) in [6.07, 6.45) is 7.41. The van der Waals surface area contributed by atoms with Crippen molar-refractivity contribution in [2.75, 3.05) is 13.1 Å². The fourth-order valence-electron chi connectivity index (χ4n) is 4.62. The lowest BCUT2D eigenvalue weighted by Crippen LogP contribution is -2.34. The average molecular weight is 520 g/mol. The van der Waals surface area contributed by atoms with Crippen LogP contribution >= 0.6 is 15.9 Å². The summed E-state index contributed by atoms with van der Waals surface area (Å²) in [4.78, 5) is 19.1. The second kappa shape index (κ2) is 9.27. The maximum atomic E-state index is 13.1. The van der Waals surface area contributed by atoms with E-state index in [9.17, 15) is 9.90 Å². The van der Waals surface area contributed by atoms with Gasteiger partial charge in [-0.15, -0.1) is 5.10 Å². The van der Waals surface area contributed by atoms with Crippen molar-refractivity contribution in [3.05, 3.63) is 82.3 Å². The van der Waals surface area contributed by atoms with Gasteiger partial charge in [-0.25, -0.2) is 4.68 Å². The van der Waals surface area contributed by atoms with Gasteiger partial charge in [-0.3, -0.25) is 9.78 Å². The summed E-state index contributed by atoms with van der Waals surface area (Å²) >= 11 is 3.48. The number of carbonyl (C=O) groups excluding carboxylic acids is 1. The molecule has 0 bridgehead atoms. The minimum Gasteiger partial charge on any atom is -0.383 e. The Morgan fingerprint density at radius 3 is 2.85 bits per heavy atom. The normalized spacial score (nSPS) is 18.7. The molecule has 4 aromatic rings. The molecular weight excluding hydrogens is 494 g/mol. The molecule has 3 heterocycles. The zero-order valence-electron chi connectivity index (χ0n) is 19.0. The molecule has 7 nitrogen and oxygen atoms in total. The summed E-state index contributed by atoms with van der Waals surface area (Å²) in [7, 11) is 0. The predicted molar refractivity (Wildman–Crippen MR) is 134 cm³/mol. The van der Waals surface area contributed by atoms with Gasteiger partial charge in [-0.05, 0) is 67.0 Å². The largest absolute Gasteiger partial charge is 0.383 e. The monoisotopic (exact) mass is 519 g/mol. The third-order valence-electron chi connectivity index (χ3n) is 6.60. The highest BCUT2D eigenvalue weighted by atomic mass is 79.9. The van der Waals surface area contributed by atoms with E-state index in [2.05, 4.69) is 31.2 Å². The van der Waals surface area contributed by atoms with Crippen LogP contribution in [0.25, 0.3) is 16.5 Å². The van der Waals surface area contributed by atoms with Crippen molar-refractivity contribution in [1.29, 1.82) is 0 Å². The second-order valence-corrected chi connectivity index (χ2v) is 9.89. The fraction of sp³-hybridized carbons (Fsp3) is 0.308. The molecule has 2 aromatic heterocycles. The van der Waals surface area contributed by atoms with E-state index in [1.807, 2.05) is 60.5 Å². The molecule has 2 aromatic carbocycles. The molecule has 1 atom stereocenters. The number of hydrogen-bond donors (Lipinski definition) is 1. The van der Waals surface area contributed by atoms with Crippen LogP contribution in [0.3, 0.4) is 0 Å². The number of benzene rings is 2. The van der Waals surface area contributed by atoms with Crippen molar-refractivity contribution in [2.24, 2.45) is 0 Å². The van der Waals surface area contributed by atoms with E-state index >= 15 is 0 Å². The van der Waals surface area contributed by atoms with E-state index in [4.69, 9.17) is 0 Å². The molecule has 174 valence electrons. The number of hydrogen-bond acceptors (Lipinski definition) is 5. The summed E-state index contributed by atoms with van der Waals surface area (Å²) in [6.45, 7) is 3.12. The zero-order valence-corrected chi connectivity index (χ0v) is 20.6. The molecule has 0 radical (unpaired) electrons. The van der Waals surface area contributed by atoms with Gasteiger partial charge < -0.3 is 10.0 Å². The number of pyridine rings is 1. The highest BCUT2D eigenvalue weighted by Crippen LogP contribution is 2.32. The summed E-state index contributed by atoms with van der Waals surface area (Å²) in [5, 5.41) is 22.1. The smallest absolute Gasteiger partial charge is 0.226 e. The van der Waals surface area contributed by atoms with Crippen LogP contribution in [-0.2, 0) is 16.8 Å². The van der Waals surface area contributed by atoms with E-state index in [-0.39, 0.29) is 5.91 Å². The Morgan fingerprint density at radius 2 is 2.00 bits per heavy atom. The lowest BCUT2D eigenvalue weighted by Gasteiger charge is -2.24. The summed E-state index contributed by atoms with van der Waals surface area (Å²) in [5.74, 6) is 0.0757. The second-order valence-electron chi connectivity index (χ2n) is 8.98. The third kappa shape index (κ3) is 4.60. The predicted octanol–water partition coefficient (Wildman–Crippen LogP) is 4.33. The number of halogens is 1. The van der Waals surface area contributed by atoms with E-state index < -0.39 is 5.60 Å². The first-order valence-electron chi connectivity index (χ1n) is 11.4. The van der Waals surface area contributed by atoms with Crippen molar-refractivity contribution in [1.82, 2.24) is 24.9 Å². The first-order valence-corrected chi connectivity index (χ1v) is 12.2. The van der Waals surface area contributed by atoms with Crippen LogP contribution in [0.5, 0.6) is 0 Å². The minimum absolute atomic E-state index is 0.0757. The van der Waals surface area contributed by atoms with Gasteiger partial charge in [-0.2, -0.15) is 0 Å². The number of carbonyl (C=O) groups is 1. The number of rotatable bonds is 4. The molecule has 0 spiro atoms. The van der Waals surface area contributed by atoms with Gasteiger partial charge in [0.1, 0.15) is 11.3 Å². The molecular formula is C26H26BrN5O2. The van der Waals surface area contributed by atoms with Crippen LogP contribution in [0.2, 0.25) is 0 Å². The Bertz CT molecular complexity index is 1350. The molecule has 34 heavy (non-hydrogen) atoms. The Kier molecular flexibility index (Phi) is 6.18.